The molecule has 1 atom stereocenters. The number of nitrogens with two attached hydrogens (primary N) is 1. The molecule has 0 aromatic heterocycles. The first-order chi connectivity index (χ1) is 5.16. The Morgan fingerprint density at radius 1 is 1.64 bits per heavy atom. The largest absolute Gasteiger partial charge is 0.447 e. The van der Waals surface area contributed by atoms with Crippen LogP contribution in [0.4, 0.5) is 4.79 Å². The normalized spacial score (nSPS) is 12.5. The second-order valence-corrected chi connectivity index (χ2v) is 2.23. The fourth-order valence-corrected chi connectivity index (χ4v) is 0.651. The molecule has 0 bridgehead atoms. The molecule has 0 heterocycles. The van der Waals surface area contributed by atoms with Gasteiger partial charge in [0.15, 0.2) is 0 Å². The summed E-state index contributed by atoms with van der Waals surface area (Å²) < 4.78 is 9.71. The van der Waals surface area contributed by atoms with Crippen molar-refractivity contribution in [3.8, 4) is 0 Å². The fraction of sp³-hybridized carbons (Fsp3) is 0.857. The number of carbonyl (C=O) groups excluding carboxylic acids is 1. The minimum atomic E-state index is -0.728. The van der Waals surface area contributed by atoms with Gasteiger partial charge in [0, 0.05) is 13.0 Å². The number of amides is 1. The van der Waals surface area contributed by atoms with Gasteiger partial charge in [-0.15, -0.1) is 0 Å². The van der Waals surface area contributed by atoms with Crippen molar-refractivity contribution in [1.82, 2.24) is 0 Å². The molecule has 0 saturated carbocycles. The smallest absolute Gasteiger partial charge is 0.404 e. The molecule has 4 heteroatoms. The zero-order valence-corrected chi connectivity index (χ0v) is 7.00. The van der Waals surface area contributed by atoms with Crippen LogP contribution < -0.4 is 5.73 Å². The molecule has 1 unspecified atom stereocenters. The topological polar surface area (TPSA) is 61.6 Å². The second-order valence-electron chi connectivity index (χ2n) is 2.23. The lowest BCUT2D eigenvalue weighted by Gasteiger charge is -2.10. The third kappa shape index (κ3) is 7.12. The van der Waals surface area contributed by atoms with Gasteiger partial charge in [-0.3, -0.25) is 0 Å². The number of carbonyl (C=O) groups is 1. The summed E-state index contributed by atoms with van der Waals surface area (Å²) in [6.07, 6.45) is -0.190. The number of primary amides is 1. The number of ether oxygens (including phenoxy) is 2. The van der Waals surface area contributed by atoms with Gasteiger partial charge in [0.05, 0.1) is 6.61 Å². The minimum Gasteiger partial charge on any atom is -0.447 e. The van der Waals surface area contributed by atoms with Gasteiger partial charge >= 0.3 is 6.09 Å². The predicted octanol–water partition coefficient (Wildman–Crippen LogP) is 0.897. The lowest BCUT2D eigenvalue weighted by atomic mass is 10.3. The van der Waals surface area contributed by atoms with E-state index < -0.39 is 6.09 Å². The van der Waals surface area contributed by atoms with Crippen LogP contribution in [0.25, 0.3) is 0 Å². The molecule has 0 aromatic rings. The van der Waals surface area contributed by atoms with Gasteiger partial charge in [-0.05, 0) is 13.8 Å². The zero-order valence-electron chi connectivity index (χ0n) is 7.00. The van der Waals surface area contributed by atoms with Gasteiger partial charge in [0.1, 0.15) is 6.10 Å². The quantitative estimate of drug-likeness (QED) is 0.609. The van der Waals surface area contributed by atoms with Crippen molar-refractivity contribution in [1.29, 1.82) is 0 Å². The van der Waals surface area contributed by atoms with E-state index in [-0.39, 0.29) is 6.10 Å². The van der Waals surface area contributed by atoms with Crippen molar-refractivity contribution in [3.05, 3.63) is 0 Å². The molecule has 11 heavy (non-hydrogen) atoms. The minimum absolute atomic E-state index is 0.154. The Kier molecular flexibility index (Phi) is 5.56. The molecular weight excluding hydrogens is 146 g/mol. The Hall–Kier alpha value is -0.770. The summed E-state index contributed by atoms with van der Waals surface area (Å²) in [7, 11) is 0. The Labute approximate surface area is 66.7 Å². The van der Waals surface area contributed by atoms with Crippen molar-refractivity contribution >= 4 is 6.09 Å². The molecule has 1 amide bonds. The maximum Gasteiger partial charge on any atom is 0.404 e. The highest BCUT2D eigenvalue weighted by Crippen LogP contribution is 1.96. The van der Waals surface area contributed by atoms with Crippen LogP contribution in [0.1, 0.15) is 20.3 Å². The van der Waals surface area contributed by atoms with Crippen LogP contribution in [-0.4, -0.2) is 25.4 Å². The van der Waals surface area contributed by atoms with Gasteiger partial charge < -0.3 is 15.2 Å². The van der Waals surface area contributed by atoms with Gasteiger partial charge in [-0.25, -0.2) is 4.79 Å². The Morgan fingerprint density at radius 2 is 2.27 bits per heavy atom. The van der Waals surface area contributed by atoms with Crippen LogP contribution in [0, 0.1) is 0 Å². The van der Waals surface area contributed by atoms with E-state index in [1.165, 1.54) is 0 Å². The lowest BCUT2D eigenvalue weighted by Crippen LogP contribution is -2.21. The van der Waals surface area contributed by atoms with Crippen LogP contribution in [-0.2, 0) is 9.47 Å². The van der Waals surface area contributed by atoms with E-state index >= 15 is 0 Å². The molecule has 0 aliphatic rings. The van der Waals surface area contributed by atoms with Gasteiger partial charge in [-0.1, -0.05) is 0 Å². The summed E-state index contributed by atoms with van der Waals surface area (Å²) in [4.78, 5) is 10.2. The lowest BCUT2D eigenvalue weighted by molar-refractivity contribution is 0.0753. The van der Waals surface area contributed by atoms with Crippen molar-refractivity contribution in [3.63, 3.8) is 0 Å². The summed E-state index contributed by atoms with van der Waals surface area (Å²) >= 11 is 0. The van der Waals surface area contributed by atoms with E-state index in [1.807, 2.05) is 6.92 Å². The fourth-order valence-electron chi connectivity index (χ4n) is 0.651. The summed E-state index contributed by atoms with van der Waals surface area (Å²) in [5.74, 6) is 0. The summed E-state index contributed by atoms with van der Waals surface area (Å²) in [5, 5.41) is 0. The standard InChI is InChI=1S/C7H15NO3/c1-3-10-5-4-6(2)11-7(8)9/h6H,3-5H2,1-2H3,(H2,8,9). The van der Waals surface area contributed by atoms with E-state index in [0.29, 0.717) is 19.6 Å². The van der Waals surface area contributed by atoms with Crippen LogP contribution in [0.3, 0.4) is 0 Å². The van der Waals surface area contributed by atoms with Crippen LogP contribution in [0.2, 0.25) is 0 Å². The van der Waals surface area contributed by atoms with Crippen LogP contribution in [0.15, 0.2) is 0 Å². The molecule has 0 fully saturated rings. The molecule has 0 rings (SSSR count). The first-order valence-corrected chi connectivity index (χ1v) is 3.70. The highest BCUT2D eigenvalue weighted by molar-refractivity contribution is 5.64. The van der Waals surface area contributed by atoms with Crippen molar-refractivity contribution < 1.29 is 14.3 Å². The van der Waals surface area contributed by atoms with E-state index in [9.17, 15) is 4.79 Å². The molecule has 0 aliphatic heterocycles. The van der Waals surface area contributed by atoms with E-state index in [0.717, 1.165) is 0 Å². The predicted molar refractivity (Wildman–Crippen MR) is 41.2 cm³/mol. The maximum absolute atomic E-state index is 10.2. The molecule has 2 N–H and O–H groups in total. The first kappa shape index (κ1) is 10.2. The number of hydrogen-bond acceptors (Lipinski definition) is 3. The third-order valence-electron chi connectivity index (χ3n) is 1.19. The van der Waals surface area contributed by atoms with E-state index in [1.54, 1.807) is 6.92 Å². The Morgan fingerprint density at radius 3 is 2.73 bits per heavy atom. The highest BCUT2D eigenvalue weighted by atomic mass is 16.6. The van der Waals surface area contributed by atoms with Gasteiger partial charge in [0.2, 0.25) is 0 Å². The number of rotatable bonds is 5. The summed E-state index contributed by atoms with van der Waals surface area (Å²) in [6, 6.07) is 0. The van der Waals surface area contributed by atoms with Gasteiger partial charge in [0.25, 0.3) is 0 Å². The molecule has 4 nitrogen and oxygen atoms in total. The second kappa shape index (κ2) is 5.97. The highest BCUT2D eigenvalue weighted by Gasteiger charge is 2.04. The first-order valence-electron chi connectivity index (χ1n) is 3.70. The number of hydrogen-bond donors (Lipinski definition) is 1. The average Bonchev–Trinajstić information content (AvgIpc) is 1.86. The molecule has 0 aliphatic carbocycles. The van der Waals surface area contributed by atoms with Crippen molar-refractivity contribution in [2.45, 2.75) is 26.4 Å². The Bertz CT molecular complexity index is 116. The summed E-state index contributed by atoms with van der Waals surface area (Å²) in [6.45, 7) is 4.98. The third-order valence-corrected chi connectivity index (χ3v) is 1.19. The monoisotopic (exact) mass is 161 g/mol. The molecule has 0 spiro atoms. The zero-order chi connectivity index (χ0) is 8.69. The van der Waals surface area contributed by atoms with Gasteiger partial charge in [-0.2, -0.15) is 0 Å². The molecular formula is C7H15NO3. The van der Waals surface area contributed by atoms with E-state index in [2.05, 4.69) is 4.74 Å². The molecule has 0 aromatic carbocycles. The van der Waals surface area contributed by atoms with E-state index in [4.69, 9.17) is 10.5 Å². The maximum atomic E-state index is 10.2. The van der Waals surface area contributed by atoms with Crippen LogP contribution in [0.5, 0.6) is 0 Å². The average molecular weight is 161 g/mol. The molecule has 66 valence electrons. The molecule has 0 radical (unpaired) electrons. The van der Waals surface area contributed by atoms with Crippen LogP contribution >= 0.6 is 0 Å². The van der Waals surface area contributed by atoms with Crippen molar-refractivity contribution in [2.24, 2.45) is 5.73 Å². The SMILES string of the molecule is CCOCCC(C)OC(N)=O. The molecule has 0 saturated heterocycles. The Balaban J connectivity index is 3.22. The van der Waals surface area contributed by atoms with Crippen molar-refractivity contribution in [2.75, 3.05) is 13.2 Å². The summed E-state index contributed by atoms with van der Waals surface area (Å²) in [5.41, 5.74) is 4.80.